The van der Waals surface area contributed by atoms with Crippen molar-refractivity contribution in [3.8, 4) is 5.75 Å². The molecular formula is C47H49NO. The summed E-state index contributed by atoms with van der Waals surface area (Å²) >= 11 is 0. The van der Waals surface area contributed by atoms with Crippen molar-refractivity contribution in [3.05, 3.63) is 172 Å². The lowest BCUT2D eigenvalue weighted by molar-refractivity contribution is -0.0632. The molecular weight excluding hydrogens is 595 g/mol. The molecule has 5 aromatic carbocycles. The van der Waals surface area contributed by atoms with Gasteiger partial charge in [-0.1, -0.05) is 135 Å². The topological polar surface area (TPSA) is 32.6 Å². The predicted molar refractivity (Wildman–Crippen MR) is 203 cm³/mol. The third kappa shape index (κ3) is 5.45. The van der Waals surface area contributed by atoms with Crippen LogP contribution in [0.4, 0.5) is 0 Å². The van der Waals surface area contributed by atoms with Gasteiger partial charge in [0.15, 0.2) is 0 Å². The molecule has 1 N–H and O–H groups in total. The fourth-order valence-electron chi connectivity index (χ4n) is 10.6. The van der Waals surface area contributed by atoms with E-state index >= 15 is 0 Å². The Bertz CT molecular complexity index is 1790. The summed E-state index contributed by atoms with van der Waals surface area (Å²) in [6, 6.07) is 47.9. The summed E-state index contributed by atoms with van der Waals surface area (Å²) < 4.78 is 0. The smallest absolute Gasteiger partial charge is 0.128 e. The van der Waals surface area contributed by atoms with E-state index in [0.29, 0.717) is 11.2 Å². The largest absolute Gasteiger partial charge is 0.507 e. The fourth-order valence-corrected chi connectivity index (χ4v) is 10.6. The van der Waals surface area contributed by atoms with Crippen LogP contribution >= 0.6 is 0 Å². The minimum atomic E-state index is -0.632. The van der Waals surface area contributed by atoms with E-state index in [1.165, 1.54) is 55.2 Å². The maximum absolute atomic E-state index is 12.3. The van der Waals surface area contributed by atoms with Gasteiger partial charge in [-0.15, -0.1) is 0 Å². The van der Waals surface area contributed by atoms with Gasteiger partial charge in [-0.05, 0) is 109 Å². The molecule has 9 rings (SSSR count). The molecule has 0 spiro atoms. The van der Waals surface area contributed by atoms with Crippen molar-refractivity contribution in [1.29, 1.82) is 0 Å². The van der Waals surface area contributed by atoms with Gasteiger partial charge in [0.2, 0.25) is 0 Å². The highest BCUT2D eigenvalue weighted by Crippen LogP contribution is 2.62. The minimum absolute atomic E-state index is 0.219. The molecule has 4 aliphatic rings. The third-order valence-electron chi connectivity index (χ3n) is 12.8. The lowest BCUT2D eigenvalue weighted by atomic mass is 9.48. The quantitative estimate of drug-likeness (QED) is 0.126. The Morgan fingerprint density at radius 3 is 1.45 bits per heavy atom. The SMILES string of the molecule is CC(N=Cc1cc(C(c2ccccc2)(c2ccccc2)c2ccccc2)cc(C(C)(C)c2ccccc2)c1O)C12CC3CC(CC(C3)C1)C2. The van der Waals surface area contributed by atoms with Crippen LogP contribution in [-0.4, -0.2) is 17.4 Å². The number of hydrogen-bond donors (Lipinski definition) is 1. The molecule has 4 bridgehead atoms. The van der Waals surface area contributed by atoms with Crippen LogP contribution in [0, 0.1) is 23.2 Å². The molecule has 4 fully saturated rings. The van der Waals surface area contributed by atoms with Crippen molar-refractivity contribution in [2.24, 2.45) is 28.2 Å². The van der Waals surface area contributed by atoms with Gasteiger partial charge in [-0.3, -0.25) is 4.99 Å². The van der Waals surface area contributed by atoms with Crippen LogP contribution < -0.4 is 0 Å². The van der Waals surface area contributed by atoms with E-state index in [9.17, 15) is 5.11 Å². The highest BCUT2D eigenvalue weighted by molar-refractivity contribution is 5.86. The van der Waals surface area contributed by atoms with E-state index in [2.05, 4.69) is 154 Å². The molecule has 2 nitrogen and oxygen atoms in total. The van der Waals surface area contributed by atoms with Crippen molar-refractivity contribution in [2.75, 3.05) is 0 Å². The summed E-state index contributed by atoms with van der Waals surface area (Å²) in [5, 5.41) is 12.3. The first-order valence-corrected chi connectivity index (χ1v) is 18.4. The number of nitrogens with zero attached hydrogens (tertiary/aromatic N) is 1. The number of aromatic hydroxyl groups is 1. The van der Waals surface area contributed by atoms with Gasteiger partial charge in [0.05, 0.1) is 11.5 Å². The van der Waals surface area contributed by atoms with Crippen molar-refractivity contribution in [2.45, 2.75) is 76.2 Å². The first-order valence-electron chi connectivity index (χ1n) is 18.4. The van der Waals surface area contributed by atoms with Crippen molar-refractivity contribution >= 4 is 6.21 Å². The van der Waals surface area contributed by atoms with E-state index in [-0.39, 0.29) is 6.04 Å². The number of rotatable bonds is 9. The minimum Gasteiger partial charge on any atom is -0.507 e. The molecule has 0 amide bonds. The van der Waals surface area contributed by atoms with Crippen molar-refractivity contribution < 1.29 is 5.11 Å². The summed E-state index contributed by atoms with van der Waals surface area (Å²) in [6.07, 6.45) is 10.3. The molecule has 49 heavy (non-hydrogen) atoms. The maximum atomic E-state index is 12.3. The molecule has 248 valence electrons. The van der Waals surface area contributed by atoms with Crippen molar-refractivity contribution in [1.82, 2.24) is 0 Å². The second-order valence-electron chi connectivity index (χ2n) is 16.0. The van der Waals surface area contributed by atoms with Gasteiger partial charge < -0.3 is 5.11 Å². The Hall–Kier alpha value is -4.43. The molecule has 0 heterocycles. The second-order valence-corrected chi connectivity index (χ2v) is 16.0. The van der Waals surface area contributed by atoms with Gasteiger partial charge in [0.1, 0.15) is 5.75 Å². The molecule has 0 aromatic heterocycles. The highest BCUT2D eigenvalue weighted by atomic mass is 16.3. The van der Waals surface area contributed by atoms with Gasteiger partial charge in [-0.2, -0.15) is 0 Å². The normalized spacial score (nSPS) is 23.9. The summed E-state index contributed by atoms with van der Waals surface area (Å²) in [5.41, 5.74) is 6.75. The predicted octanol–water partition coefficient (Wildman–Crippen LogP) is 11.1. The Morgan fingerprint density at radius 1 is 0.612 bits per heavy atom. The lowest BCUT2D eigenvalue weighted by Gasteiger charge is -2.58. The van der Waals surface area contributed by atoms with E-state index < -0.39 is 10.8 Å². The Kier molecular flexibility index (Phi) is 8.10. The van der Waals surface area contributed by atoms with Crippen LogP contribution in [0.3, 0.4) is 0 Å². The zero-order valence-electron chi connectivity index (χ0n) is 29.2. The van der Waals surface area contributed by atoms with E-state index in [1.807, 2.05) is 6.21 Å². The molecule has 1 unspecified atom stereocenters. The number of phenols is 1. The van der Waals surface area contributed by atoms with E-state index in [4.69, 9.17) is 4.99 Å². The first-order chi connectivity index (χ1) is 23.8. The molecule has 1 atom stereocenters. The number of benzene rings is 5. The maximum Gasteiger partial charge on any atom is 0.128 e. The number of phenolic OH excluding ortho intramolecular Hbond substituents is 1. The molecule has 0 radical (unpaired) electrons. The van der Waals surface area contributed by atoms with Crippen LogP contribution in [0.5, 0.6) is 5.75 Å². The monoisotopic (exact) mass is 643 g/mol. The van der Waals surface area contributed by atoms with Crippen LogP contribution in [0.25, 0.3) is 0 Å². The highest BCUT2D eigenvalue weighted by Gasteiger charge is 2.53. The molecule has 0 saturated heterocycles. The summed E-state index contributed by atoms with van der Waals surface area (Å²) in [7, 11) is 0. The molecule has 2 heteroatoms. The van der Waals surface area contributed by atoms with Crippen LogP contribution in [0.2, 0.25) is 0 Å². The average Bonchev–Trinajstić information content (AvgIpc) is 3.13. The average molecular weight is 644 g/mol. The zero-order valence-corrected chi connectivity index (χ0v) is 29.2. The van der Waals surface area contributed by atoms with Crippen LogP contribution in [-0.2, 0) is 10.8 Å². The Morgan fingerprint density at radius 2 is 1.02 bits per heavy atom. The summed E-state index contributed by atoms with van der Waals surface area (Å²) in [5.74, 6) is 2.95. The van der Waals surface area contributed by atoms with Crippen LogP contribution in [0.1, 0.15) is 98.2 Å². The summed E-state index contributed by atoms with van der Waals surface area (Å²) in [6.45, 7) is 6.81. The lowest BCUT2D eigenvalue weighted by Crippen LogP contribution is -2.50. The van der Waals surface area contributed by atoms with Gasteiger partial charge in [0.25, 0.3) is 0 Å². The van der Waals surface area contributed by atoms with Crippen molar-refractivity contribution in [3.63, 3.8) is 0 Å². The third-order valence-corrected chi connectivity index (χ3v) is 12.8. The van der Waals surface area contributed by atoms with Gasteiger partial charge in [-0.25, -0.2) is 0 Å². The summed E-state index contributed by atoms with van der Waals surface area (Å²) in [4.78, 5) is 5.40. The van der Waals surface area contributed by atoms with E-state index in [1.54, 1.807) is 0 Å². The molecule has 0 aliphatic heterocycles. The van der Waals surface area contributed by atoms with Crippen LogP contribution in [0.15, 0.2) is 138 Å². The first kappa shape index (κ1) is 31.8. The van der Waals surface area contributed by atoms with Gasteiger partial charge >= 0.3 is 0 Å². The zero-order chi connectivity index (χ0) is 33.6. The molecule has 5 aromatic rings. The molecule has 4 saturated carbocycles. The molecule has 4 aliphatic carbocycles. The second kappa shape index (κ2) is 12.5. The number of aliphatic imine (C=N–C) groups is 1. The van der Waals surface area contributed by atoms with Gasteiger partial charge in [0, 0.05) is 22.8 Å². The standard InChI is InChI=1S/C47H49NO/c1-33(46-29-34-24-35(30-46)26-36(25-34)31-46)48-32-37-27-42(28-43(44(37)49)45(2,3)38-16-8-4-9-17-38)47(39-18-10-5-11-19-39,40-20-12-6-13-21-40)41-22-14-7-15-23-41/h4-23,27-28,32-36,49H,24-26,29-31H2,1-3H3. The number of hydrogen-bond acceptors (Lipinski definition) is 2. The Labute approximate surface area is 293 Å². The fraction of sp³-hybridized carbons (Fsp3) is 0.340. The Balaban J connectivity index is 1.36. The van der Waals surface area contributed by atoms with E-state index in [0.717, 1.165) is 40.0 Å².